The quantitative estimate of drug-likeness (QED) is 0.888. The zero-order valence-corrected chi connectivity index (χ0v) is 11.1. The van der Waals surface area contributed by atoms with Crippen molar-refractivity contribution in [2.75, 3.05) is 20.1 Å². The maximum Gasteiger partial charge on any atom is 0.218 e. The fraction of sp³-hybridized carbons (Fsp3) is 0.500. The van der Waals surface area contributed by atoms with E-state index in [2.05, 4.69) is 5.32 Å². The molecule has 1 aromatic rings. The van der Waals surface area contributed by atoms with Crippen LogP contribution >= 0.6 is 0 Å². The van der Waals surface area contributed by atoms with Gasteiger partial charge in [0.1, 0.15) is 5.82 Å². The summed E-state index contributed by atoms with van der Waals surface area (Å²) in [4.78, 5) is 0. The second kappa shape index (κ2) is 5.34. The molecule has 1 fully saturated rings. The first-order valence-corrected chi connectivity index (χ1v) is 7.51. The van der Waals surface area contributed by atoms with E-state index in [0.717, 1.165) is 13.0 Å². The van der Waals surface area contributed by atoms with Gasteiger partial charge in [-0.25, -0.2) is 17.1 Å². The van der Waals surface area contributed by atoms with Crippen molar-refractivity contribution in [3.63, 3.8) is 0 Å². The molecule has 1 aromatic carbocycles. The van der Waals surface area contributed by atoms with Gasteiger partial charge in [-0.05, 0) is 30.7 Å². The lowest BCUT2D eigenvalue weighted by molar-refractivity contribution is 0.387. The van der Waals surface area contributed by atoms with Crippen LogP contribution in [0.25, 0.3) is 0 Å². The summed E-state index contributed by atoms with van der Waals surface area (Å²) in [6.07, 6.45) is 0.818. The van der Waals surface area contributed by atoms with Crippen LogP contribution < -0.4 is 5.32 Å². The van der Waals surface area contributed by atoms with Crippen LogP contribution in [0.1, 0.15) is 12.0 Å². The van der Waals surface area contributed by atoms with Crippen molar-refractivity contribution in [2.45, 2.75) is 18.2 Å². The summed E-state index contributed by atoms with van der Waals surface area (Å²) >= 11 is 0. The van der Waals surface area contributed by atoms with E-state index < -0.39 is 15.8 Å². The second-order valence-electron chi connectivity index (χ2n) is 4.55. The number of halogens is 1. The van der Waals surface area contributed by atoms with Gasteiger partial charge in [-0.15, -0.1) is 0 Å². The Hall–Kier alpha value is -0.980. The number of hydrogen-bond donors (Lipinski definition) is 1. The molecule has 0 amide bonds. The van der Waals surface area contributed by atoms with Crippen molar-refractivity contribution in [2.24, 2.45) is 0 Å². The topological polar surface area (TPSA) is 49.4 Å². The number of hydrogen-bond acceptors (Lipinski definition) is 3. The molecule has 1 heterocycles. The number of likely N-dealkylation sites (N-methyl/N-ethyl adjacent to an activating group) is 1. The van der Waals surface area contributed by atoms with Crippen LogP contribution in [0.2, 0.25) is 0 Å². The predicted molar refractivity (Wildman–Crippen MR) is 68.1 cm³/mol. The zero-order valence-electron chi connectivity index (χ0n) is 10.3. The second-order valence-corrected chi connectivity index (χ2v) is 6.58. The molecule has 1 atom stereocenters. The first-order chi connectivity index (χ1) is 8.49. The Morgan fingerprint density at radius 1 is 1.50 bits per heavy atom. The predicted octanol–water partition coefficient (Wildman–Crippen LogP) is 0.949. The van der Waals surface area contributed by atoms with Gasteiger partial charge in [-0.1, -0.05) is 12.1 Å². The van der Waals surface area contributed by atoms with Crippen molar-refractivity contribution < 1.29 is 12.8 Å². The molecule has 4 nitrogen and oxygen atoms in total. The molecule has 0 spiro atoms. The Morgan fingerprint density at radius 2 is 2.28 bits per heavy atom. The van der Waals surface area contributed by atoms with Gasteiger partial charge >= 0.3 is 0 Å². The maximum absolute atomic E-state index is 13.0. The average molecular weight is 272 g/mol. The molecule has 0 saturated carbocycles. The molecule has 1 unspecified atom stereocenters. The van der Waals surface area contributed by atoms with E-state index in [4.69, 9.17) is 0 Å². The molecule has 100 valence electrons. The van der Waals surface area contributed by atoms with Crippen molar-refractivity contribution in [1.82, 2.24) is 9.62 Å². The highest BCUT2D eigenvalue weighted by molar-refractivity contribution is 7.88. The molecule has 1 saturated heterocycles. The first-order valence-electron chi connectivity index (χ1n) is 5.90. The third-order valence-corrected chi connectivity index (χ3v) is 5.10. The van der Waals surface area contributed by atoms with E-state index in [0.29, 0.717) is 12.1 Å². The molecule has 0 bridgehead atoms. The molecule has 6 heteroatoms. The highest BCUT2D eigenvalue weighted by Crippen LogP contribution is 2.16. The Kier molecular flexibility index (Phi) is 3.99. The van der Waals surface area contributed by atoms with Crippen LogP contribution in [-0.2, 0) is 15.8 Å². The van der Waals surface area contributed by atoms with Crippen molar-refractivity contribution in [3.05, 3.63) is 35.6 Å². The number of nitrogens with one attached hydrogen (secondary N) is 1. The van der Waals surface area contributed by atoms with Gasteiger partial charge in [0.25, 0.3) is 0 Å². The summed E-state index contributed by atoms with van der Waals surface area (Å²) in [7, 11) is -1.80. The Bertz CT molecular complexity index is 513. The van der Waals surface area contributed by atoms with E-state index in [1.54, 1.807) is 13.1 Å². The number of rotatable bonds is 4. The van der Waals surface area contributed by atoms with Crippen LogP contribution in [0.3, 0.4) is 0 Å². The Balaban J connectivity index is 2.11. The van der Waals surface area contributed by atoms with E-state index in [1.807, 2.05) is 0 Å². The van der Waals surface area contributed by atoms with Crippen molar-refractivity contribution in [3.8, 4) is 0 Å². The van der Waals surface area contributed by atoms with Gasteiger partial charge in [0.15, 0.2) is 0 Å². The minimum atomic E-state index is -3.39. The summed E-state index contributed by atoms with van der Waals surface area (Å²) in [5, 5.41) is 3.13. The van der Waals surface area contributed by atoms with Gasteiger partial charge in [-0.3, -0.25) is 0 Å². The van der Waals surface area contributed by atoms with E-state index in [-0.39, 0.29) is 11.8 Å². The SMILES string of the molecule is CN(C1CCNC1)S(=O)(=O)Cc1cccc(F)c1. The lowest BCUT2D eigenvalue weighted by Gasteiger charge is -2.23. The van der Waals surface area contributed by atoms with Gasteiger partial charge in [-0.2, -0.15) is 0 Å². The first kappa shape index (κ1) is 13.5. The largest absolute Gasteiger partial charge is 0.315 e. The molecule has 1 N–H and O–H groups in total. The standard InChI is InChI=1S/C12H17FN2O2S/c1-15(12-5-6-14-8-12)18(16,17)9-10-3-2-4-11(13)7-10/h2-4,7,12,14H,5-6,8-9H2,1H3. The van der Waals surface area contributed by atoms with E-state index >= 15 is 0 Å². The molecule has 1 aliphatic heterocycles. The summed E-state index contributed by atoms with van der Waals surface area (Å²) in [5.41, 5.74) is 0.479. The molecule has 18 heavy (non-hydrogen) atoms. The highest BCUT2D eigenvalue weighted by Gasteiger charge is 2.28. The van der Waals surface area contributed by atoms with E-state index in [1.165, 1.54) is 22.5 Å². The van der Waals surface area contributed by atoms with Gasteiger partial charge in [0, 0.05) is 19.6 Å². The number of sulfonamides is 1. The van der Waals surface area contributed by atoms with Crippen LogP contribution in [0.5, 0.6) is 0 Å². The summed E-state index contributed by atoms with van der Waals surface area (Å²) in [5.74, 6) is -0.564. The van der Waals surface area contributed by atoms with Crippen molar-refractivity contribution >= 4 is 10.0 Å². The molecular formula is C12H17FN2O2S. The summed E-state index contributed by atoms with van der Waals surface area (Å²) in [6, 6.07) is 5.72. The lowest BCUT2D eigenvalue weighted by Crippen LogP contribution is -2.39. The summed E-state index contributed by atoms with van der Waals surface area (Å²) < 4.78 is 38.8. The van der Waals surface area contributed by atoms with Crippen LogP contribution in [0, 0.1) is 5.82 Å². The maximum atomic E-state index is 13.0. The van der Waals surface area contributed by atoms with Gasteiger partial charge in [0.05, 0.1) is 5.75 Å². The monoisotopic (exact) mass is 272 g/mol. The molecule has 0 aromatic heterocycles. The molecule has 0 radical (unpaired) electrons. The fourth-order valence-corrected chi connectivity index (χ4v) is 3.55. The normalized spacial score (nSPS) is 20.5. The minimum Gasteiger partial charge on any atom is -0.315 e. The van der Waals surface area contributed by atoms with Crippen LogP contribution in [0.15, 0.2) is 24.3 Å². The Labute approximate surface area is 107 Å². The average Bonchev–Trinajstić information content (AvgIpc) is 2.80. The molecule has 1 aliphatic rings. The molecule has 0 aliphatic carbocycles. The minimum absolute atomic E-state index is 0.00330. The zero-order chi connectivity index (χ0) is 13.2. The van der Waals surface area contributed by atoms with Gasteiger partial charge in [0.2, 0.25) is 10.0 Å². The highest BCUT2D eigenvalue weighted by atomic mass is 32.2. The molecular weight excluding hydrogens is 255 g/mol. The lowest BCUT2D eigenvalue weighted by atomic mass is 10.2. The Morgan fingerprint density at radius 3 is 2.89 bits per heavy atom. The summed E-state index contributed by atoms with van der Waals surface area (Å²) in [6.45, 7) is 1.52. The van der Waals surface area contributed by atoms with Crippen LogP contribution in [-0.4, -0.2) is 38.9 Å². The third-order valence-electron chi connectivity index (χ3n) is 3.23. The van der Waals surface area contributed by atoms with Gasteiger partial charge < -0.3 is 5.32 Å². The van der Waals surface area contributed by atoms with Crippen LogP contribution in [0.4, 0.5) is 4.39 Å². The fourth-order valence-electron chi connectivity index (χ4n) is 2.12. The smallest absolute Gasteiger partial charge is 0.218 e. The van der Waals surface area contributed by atoms with E-state index in [9.17, 15) is 12.8 Å². The number of benzene rings is 1. The third kappa shape index (κ3) is 3.07. The molecule has 2 rings (SSSR count). The number of nitrogens with zero attached hydrogens (tertiary/aromatic N) is 1. The van der Waals surface area contributed by atoms with Crippen molar-refractivity contribution in [1.29, 1.82) is 0 Å².